The molecular formula is C17H19N3O5. The number of nitrogens with zero attached hydrogens (tertiary/aromatic N) is 2. The van der Waals surface area contributed by atoms with Crippen LogP contribution in [-0.4, -0.2) is 27.5 Å². The van der Waals surface area contributed by atoms with Gasteiger partial charge in [-0.2, -0.15) is 0 Å². The molecule has 2 rings (SSSR count). The molecule has 0 bridgehead atoms. The summed E-state index contributed by atoms with van der Waals surface area (Å²) in [5, 5.41) is 0. The maximum absolute atomic E-state index is 12.3. The third-order valence-corrected chi connectivity index (χ3v) is 4.07. The summed E-state index contributed by atoms with van der Waals surface area (Å²) in [4.78, 5) is 48.2. The second kappa shape index (κ2) is 6.76. The lowest BCUT2D eigenvalue weighted by Crippen LogP contribution is -2.42. The van der Waals surface area contributed by atoms with Crippen molar-refractivity contribution < 1.29 is 14.3 Å². The largest absolute Gasteiger partial charge is 0.454 e. The number of benzene rings is 1. The number of esters is 1. The Labute approximate surface area is 143 Å². The number of ether oxygens (including phenoxy) is 1. The number of aryl methyl sites for hydroxylation is 2. The van der Waals surface area contributed by atoms with Gasteiger partial charge in [0.05, 0.1) is 5.56 Å². The van der Waals surface area contributed by atoms with Crippen molar-refractivity contribution in [1.82, 2.24) is 9.13 Å². The molecule has 1 aromatic heterocycles. The van der Waals surface area contributed by atoms with Crippen LogP contribution >= 0.6 is 0 Å². The lowest BCUT2D eigenvalue weighted by molar-refractivity contribution is 0.0474. The van der Waals surface area contributed by atoms with E-state index in [1.165, 1.54) is 14.1 Å². The second-order valence-corrected chi connectivity index (χ2v) is 5.76. The highest BCUT2D eigenvalue weighted by Gasteiger charge is 2.21. The Bertz CT molecular complexity index is 985. The zero-order chi connectivity index (χ0) is 18.9. The minimum Gasteiger partial charge on any atom is -0.454 e. The first-order valence-electron chi connectivity index (χ1n) is 7.48. The van der Waals surface area contributed by atoms with Crippen molar-refractivity contribution in [2.24, 2.45) is 14.1 Å². The summed E-state index contributed by atoms with van der Waals surface area (Å²) >= 11 is 0. The molecule has 0 aliphatic heterocycles. The first kappa shape index (κ1) is 18.2. The molecule has 0 unspecified atom stereocenters. The molecule has 0 spiro atoms. The van der Waals surface area contributed by atoms with Gasteiger partial charge in [0, 0.05) is 14.1 Å². The molecule has 25 heavy (non-hydrogen) atoms. The van der Waals surface area contributed by atoms with Crippen LogP contribution in [0.5, 0.6) is 0 Å². The molecule has 0 aliphatic rings. The van der Waals surface area contributed by atoms with Crippen LogP contribution in [0.25, 0.3) is 0 Å². The highest BCUT2D eigenvalue weighted by molar-refractivity contribution is 6.02. The van der Waals surface area contributed by atoms with Crippen molar-refractivity contribution in [1.29, 1.82) is 0 Å². The van der Waals surface area contributed by atoms with Crippen molar-refractivity contribution in [3.63, 3.8) is 0 Å². The van der Waals surface area contributed by atoms with Crippen molar-refractivity contribution in [3.8, 4) is 0 Å². The molecule has 2 aromatic rings. The Hall–Kier alpha value is -3.16. The van der Waals surface area contributed by atoms with Gasteiger partial charge in [-0.3, -0.25) is 18.7 Å². The summed E-state index contributed by atoms with van der Waals surface area (Å²) in [6.07, 6.45) is 0. The number of Topliss-reactive ketones (excluding diaryl/α,β-unsaturated/α-hetero) is 1. The Morgan fingerprint density at radius 1 is 1.08 bits per heavy atom. The summed E-state index contributed by atoms with van der Waals surface area (Å²) < 4.78 is 6.74. The highest BCUT2D eigenvalue weighted by Crippen LogP contribution is 2.11. The van der Waals surface area contributed by atoms with E-state index in [4.69, 9.17) is 10.5 Å². The Morgan fingerprint density at radius 2 is 1.72 bits per heavy atom. The number of hydrogen-bond acceptors (Lipinski definition) is 6. The van der Waals surface area contributed by atoms with E-state index in [2.05, 4.69) is 0 Å². The number of nitrogen functional groups attached to an aromatic ring is 1. The Kier molecular flexibility index (Phi) is 4.92. The average Bonchev–Trinajstić information content (AvgIpc) is 2.58. The molecule has 0 aliphatic carbocycles. The van der Waals surface area contributed by atoms with Gasteiger partial charge in [-0.1, -0.05) is 6.07 Å². The maximum Gasteiger partial charge on any atom is 0.338 e. The number of nitrogens with two attached hydrogens (primary N) is 1. The smallest absolute Gasteiger partial charge is 0.338 e. The molecule has 1 heterocycles. The van der Waals surface area contributed by atoms with E-state index in [1.54, 1.807) is 18.2 Å². The molecule has 132 valence electrons. The zero-order valence-electron chi connectivity index (χ0n) is 14.5. The maximum atomic E-state index is 12.3. The van der Waals surface area contributed by atoms with Crippen LogP contribution in [0, 0.1) is 13.8 Å². The van der Waals surface area contributed by atoms with Gasteiger partial charge < -0.3 is 10.5 Å². The van der Waals surface area contributed by atoms with Crippen LogP contribution in [0.4, 0.5) is 5.82 Å². The summed E-state index contributed by atoms with van der Waals surface area (Å²) in [7, 11) is 2.58. The van der Waals surface area contributed by atoms with E-state index >= 15 is 0 Å². The monoisotopic (exact) mass is 345 g/mol. The Morgan fingerprint density at radius 3 is 2.32 bits per heavy atom. The van der Waals surface area contributed by atoms with Gasteiger partial charge in [-0.25, -0.2) is 9.59 Å². The third kappa shape index (κ3) is 3.37. The van der Waals surface area contributed by atoms with Crippen molar-refractivity contribution in [2.75, 3.05) is 12.3 Å². The predicted molar refractivity (Wildman–Crippen MR) is 91.9 cm³/mol. The number of ketones is 1. The van der Waals surface area contributed by atoms with Gasteiger partial charge in [0.2, 0.25) is 5.78 Å². The first-order valence-corrected chi connectivity index (χ1v) is 7.48. The molecular weight excluding hydrogens is 326 g/mol. The normalized spacial score (nSPS) is 10.6. The standard InChI is InChI=1S/C17H19N3O5/c1-9-5-6-11(7-10(9)2)16(23)25-8-12(21)13-14(18)19(3)17(24)20(4)15(13)22/h5-7H,8,18H2,1-4H3. The van der Waals surface area contributed by atoms with Gasteiger partial charge in [-0.05, 0) is 37.1 Å². The lowest BCUT2D eigenvalue weighted by atomic mass is 10.1. The van der Waals surface area contributed by atoms with Crippen LogP contribution in [0.15, 0.2) is 27.8 Å². The van der Waals surface area contributed by atoms with E-state index < -0.39 is 29.6 Å². The zero-order valence-corrected chi connectivity index (χ0v) is 14.5. The molecule has 0 atom stereocenters. The lowest BCUT2D eigenvalue weighted by Gasteiger charge is -2.11. The van der Waals surface area contributed by atoms with E-state index in [1.807, 2.05) is 13.8 Å². The van der Waals surface area contributed by atoms with Crippen molar-refractivity contribution >= 4 is 17.6 Å². The molecule has 1 aromatic carbocycles. The van der Waals surface area contributed by atoms with Crippen LogP contribution in [-0.2, 0) is 18.8 Å². The van der Waals surface area contributed by atoms with Crippen LogP contribution in [0.2, 0.25) is 0 Å². The molecule has 8 heteroatoms. The van der Waals surface area contributed by atoms with E-state index in [0.717, 1.165) is 20.3 Å². The van der Waals surface area contributed by atoms with Crippen LogP contribution in [0.1, 0.15) is 31.8 Å². The minimum absolute atomic E-state index is 0.264. The SMILES string of the molecule is Cc1ccc(C(=O)OCC(=O)c2c(N)n(C)c(=O)n(C)c2=O)cc1C. The van der Waals surface area contributed by atoms with Crippen LogP contribution < -0.4 is 17.0 Å². The molecule has 2 N–H and O–H groups in total. The molecule has 0 saturated heterocycles. The molecule has 8 nitrogen and oxygen atoms in total. The number of carbonyl (C=O) groups is 2. The second-order valence-electron chi connectivity index (χ2n) is 5.76. The highest BCUT2D eigenvalue weighted by atomic mass is 16.5. The molecule has 0 saturated carbocycles. The fraction of sp³-hybridized carbons (Fsp3) is 0.294. The topological polar surface area (TPSA) is 113 Å². The quantitative estimate of drug-likeness (QED) is 0.631. The summed E-state index contributed by atoms with van der Waals surface area (Å²) in [6, 6.07) is 5.02. The van der Waals surface area contributed by atoms with Crippen molar-refractivity contribution in [3.05, 3.63) is 61.3 Å². The van der Waals surface area contributed by atoms with Crippen LogP contribution in [0.3, 0.4) is 0 Å². The van der Waals surface area contributed by atoms with E-state index in [9.17, 15) is 19.2 Å². The van der Waals surface area contributed by atoms with Gasteiger partial charge >= 0.3 is 11.7 Å². The molecule has 0 fully saturated rings. The third-order valence-electron chi connectivity index (χ3n) is 4.07. The summed E-state index contributed by atoms with van der Waals surface area (Å²) in [5.74, 6) is -1.72. The number of hydrogen-bond donors (Lipinski definition) is 1. The summed E-state index contributed by atoms with van der Waals surface area (Å²) in [6.45, 7) is 3.11. The van der Waals surface area contributed by atoms with Gasteiger partial charge in [0.25, 0.3) is 5.56 Å². The van der Waals surface area contributed by atoms with Crippen molar-refractivity contribution in [2.45, 2.75) is 13.8 Å². The fourth-order valence-corrected chi connectivity index (χ4v) is 2.28. The number of anilines is 1. The van der Waals surface area contributed by atoms with Gasteiger partial charge in [0.1, 0.15) is 11.4 Å². The number of aromatic nitrogens is 2. The minimum atomic E-state index is -0.826. The van der Waals surface area contributed by atoms with E-state index in [-0.39, 0.29) is 11.4 Å². The van der Waals surface area contributed by atoms with Gasteiger partial charge in [-0.15, -0.1) is 0 Å². The van der Waals surface area contributed by atoms with E-state index in [0.29, 0.717) is 5.56 Å². The summed E-state index contributed by atoms with van der Waals surface area (Å²) in [5.41, 5.74) is 6.09. The average molecular weight is 345 g/mol. The number of carbonyl (C=O) groups excluding carboxylic acids is 2. The molecule has 0 amide bonds. The fourth-order valence-electron chi connectivity index (χ4n) is 2.28. The number of rotatable bonds is 4. The van der Waals surface area contributed by atoms with Gasteiger partial charge in [0.15, 0.2) is 6.61 Å². The first-order chi connectivity index (χ1) is 11.6. The predicted octanol–water partition coefficient (Wildman–Crippen LogP) is 0.323. The Balaban J connectivity index is 2.24. The molecule has 0 radical (unpaired) electrons.